The molecule has 4 saturated carbocycles. The number of carbonyl (C=O) groups is 8. The molecule has 0 aromatic heterocycles. The van der Waals surface area contributed by atoms with Gasteiger partial charge >= 0.3 is 5.97 Å². The van der Waals surface area contributed by atoms with Gasteiger partial charge in [0, 0.05) is 40.7 Å². The Labute approximate surface area is 559 Å². The van der Waals surface area contributed by atoms with Crippen molar-refractivity contribution in [1.29, 1.82) is 0 Å². The van der Waals surface area contributed by atoms with Crippen molar-refractivity contribution >= 4 is 70.5 Å². The molecule has 4 fully saturated rings. The highest BCUT2D eigenvalue weighted by Crippen LogP contribution is 2.60. The number of halogens is 2. The fraction of sp³-hybridized carbons (Fsp3) is 0.275. The number of nitrogens with one attached hydrogen (secondary N) is 7. The monoisotopic (exact) mass is 1360 g/mol. The predicted octanol–water partition coefficient (Wildman–Crippen LogP) is 7.36. The van der Waals surface area contributed by atoms with E-state index < -0.39 is 158 Å². The lowest BCUT2D eigenvalue weighted by Gasteiger charge is -2.55. The fourth-order valence-electron chi connectivity index (χ4n) is 15.0. The number of carboxylic acids is 1. The highest BCUT2D eigenvalue weighted by atomic mass is 35.5. The average Bonchev–Trinajstić information content (AvgIpc) is 0.709. The molecule has 17 rings (SSSR count). The van der Waals surface area contributed by atoms with E-state index in [-0.39, 0.29) is 73.2 Å². The number of phenolic OH excluding ortho intramolecular Hbond substituents is 6. The van der Waals surface area contributed by atoms with Crippen molar-refractivity contribution in [2.24, 2.45) is 23.2 Å². The molecular weight excluding hydrogens is 1300 g/mol. The summed E-state index contributed by atoms with van der Waals surface area (Å²) < 4.78 is 18.8. The second kappa shape index (κ2) is 24.4. The zero-order valence-electron chi connectivity index (χ0n) is 50.6. The number of benzene rings is 7. The number of aliphatic hydroxyl groups excluding tert-OH is 1. The first-order valence-electron chi connectivity index (χ1n) is 30.9. The second-order valence-electron chi connectivity index (χ2n) is 25.7. The molecule has 0 saturated heterocycles. The molecule has 0 radical (unpaired) electrons. The van der Waals surface area contributed by atoms with Crippen molar-refractivity contribution in [2.75, 3.05) is 0 Å². The lowest BCUT2D eigenvalue weighted by Crippen LogP contribution is -2.57. The van der Waals surface area contributed by atoms with Gasteiger partial charge in [0.25, 0.3) is 0 Å². The number of rotatable bonds is 3. The molecular formula is C69H59Cl2N7O19. The largest absolute Gasteiger partial charge is 0.508 e. The zero-order chi connectivity index (χ0) is 68.2. The number of carboxylic acid groups (broad SMARTS) is 1. The van der Waals surface area contributed by atoms with Crippen LogP contribution in [0.3, 0.4) is 0 Å². The van der Waals surface area contributed by atoms with Crippen LogP contribution >= 0.6 is 23.2 Å². The van der Waals surface area contributed by atoms with E-state index in [4.69, 9.17) is 37.4 Å². The van der Waals surface area contributed by atoms with Crippen LogP contribution in [0, 0.1) is 23.2 Å². The molecule has 15 N–H and O–H groups in total. The third-order valence-corrected chi connectivity index (χ3v) is 19.8. The third-order valence-electron chi connectivity index (χ3n) is 19.2. The zero-order valence-corrected chi connectivity index (χ0v) is 52.1. The summed E-state index contributed by atoms with van der Waals surface area (Å²) in [4.78, 5) is 121. The van der Waals surface area contributed by atoms with Crippen molar-refractivity contribution in [3.05, 3.63) is 164 Å². The number of phenols is 6. The van der Waals surface area contributed by atoms with Crippen LogP contribution in [0.4, 0.5) is 0 Å². The van der Waals surface area contributed by atoms with E-state index in [0.717, 1.165) is 79.9 Å². The van der Waals surface area contributed by atoms with Crippen LogP contribution in [0.25, 0.3) is 11.1 Å². The summed E-state index contributed by atoms with van der Waals surface area (Å²) in [5, 5.41) is 110. The van der Waals surface area contributed by atoms with Crippen molar-refractivity contribution in [3.8, 4) is 80.1 Å². The maximum atomic E-state index is 15.9. The topological polar surface area (TPSA) is 410 Å². The minimum Gasteiger partial charge on any atom is -0.508 e. The van der Waals surface area contributed by atoms with Crippen LogP contribution in [0.1, 0.15) is 114 Å². The fourth-order valence-corrected chi connectivity index (χ4v) is 15.5. The van der Waals surface area contributed by atoms with E-state index in [1.54, 1.807) is 0 Å². The minimum absolute atomic E-state index is 0.132. The van der Waals surface area contributed by atoms with Crippen LogP contribution in [0.5, 0.6) is 69.0 Å². The Morgan fingerprint density at radius 1 is 0.495 bits per heavy atom. The number of amides is 7. The predicted molar refractivity (Wildman–Crippen MR) is 340 cm³/mol. The first-order valence-corrected chi connectivity index (χ1v) is 31.7. The van der Waals surface area contributed by atoms with Crippen LogP contribution < -0.4 is 51.4 Å². The Bertz CT molecular complexity index is 4530. The van der Waals surface area contributed by atoms with Gasteiger partial charge in [0.05, 0.1) is 10.0 Å². The molecule has 6 aliphatic heterocycles. The van der Waals surface area contributed by atoms with Crippen molar-refractivity contribution in [1.82, 2.24) is 37.2 Å². The van der Waals surface area contributed by atoms with Gasteiger partial charge in [0.15, 0.2) is 29.0 Å². The number of aliphatic carboxylic acids is 1. The van der Waals surface area contributed by atoms with Gasteiger partial charge in [-0.1, -0.05) is 47.5 Å². The van der Waals surface area contributed by atoms with E-state index in [9.17, 15) is 55.2 Å². The summed E-state index contributed by atoms with van der Waals surface area (Å²) in [6.07, 6.45) is 2.38. The molecule has 498 valence electrons. The van der Waals surface area contributed by atoms with Gasteiger partial charge in [-0.15, -0.1) is 0 Å². The van der Waals surface area contributed by atoms with Crippen molar-refractivity contribution in [3.63, 3.8) is 0 Å². The van der Waals surface area contributed by atoms with E-state index >= 15 is 24.0 Å². The summed E-state index contributed by atoms with van der Waals surface area (Å²) in [6, 6.07) is 8.27. The van der Waals surface area contributed by atoms with Gasteiger partial charge in [0.2, 0.25) is 47.1 Å². The molecule has 21 bridgehead atoms. The third kappa shape index (κ3) is 11.9. The number of aromatic hydroxyl groups is 6. The van der Waals surface area contributed by atoms with Gasteiger partial charge in [-0.25, -0.2) is 4.79 Å². The van der Waals surface area contributed by atoms with E-state index in [1.165, 1.54) is 54.6 Å². The van der Waals surface area contributed by atoms with Crippen LogP contribution in [0.15, 0.2) is 115 Å². The van der Waals surface area contributed by atoms with Gasteiger partial charge in [-0.05, 0) is 169 Å². The standard InChI is InChI=1S/C69H59Cl2N7O19/c70-41-12-27-1-7-47(41)96-50-19-35-20-51(60(50)85)97-48-8-4-33(17-42(48)71)59(84)58-66(91)76-57(67(92)93)40-22-37(80)23-46(83)52(40)39-16-31(2-5-44(39)81)53(63(88)77-58)74-65(90)56(35)75-64(89)55-34-14-36(79)21-38(15-34)95-49-18-32(3-6-45(49)82)54(62(87)72-43(13-27)61(86)73-55)78-68(94)69-24-28-9-29(25-69)11-30(10-28)26-69/h1-8,12,14-23,28-30,43,53-59,79-85H,9-11,13,24-26H2,(H,72,87)(H,73,86)(H,74,90)(H,75,89)(H,76,91)(H,77,88)(H,78,94)(H,92,93)/t28?,29?,30?,43?,53?,54?,55?,56?,57-,58?,59?,69?/m1/s1. The first-order chi connectivity index (χ1) is 46.3. The smallest absolute Gasteiger partial charge is 0.330 e. The van der Waals surface area contributed by atoms with Crippen molar-refractivity contribution in [2.45, 2.75) is 93.3 Å². The second-order valence-corrected chi connectivity index (χ2v) is 26.5. The maximum absolute atomic E-state index is 15.9. The van der Waals surface area contributed by atoms with E-state index in [2.05, 4.69) is 37.2 Å². The summed E-state index contributed by atoms with van der Waals surface area (Å²) in [5.41, 5.74) is -2.84. The molecule has 4 aliphatic carbocycles. The Balaban J connectivity index is 0.934. The van der Waals surface area contributed by atoms with Gasteiger partial charge in [-0.2, -0.15) is 0 Å². The summed E-state index contributed by atoms with van der Waals surface area (Å²) in [5.74, 6) is -14.4. The normalized spacial score (nSPS) is 26.4. The summed E-state index contributed by atoms with van der Waals surface area (Å²) in [6.45, 7) is 0. The lowest BCUT2D eigenvalue weighted by molar-refractivity contribution is -0.148. The molecule has 97 heavy (non-hydrogen) atoms. The molecule has 10 aliphatic rings. The molecule has 0 spiro atoms. The number of hydrogen-bond acceptors (Lipinski definition) is 18. The van der Waals surface area contributed by atoms with Crippen LogP contribution in [-0.4, -0.2) is 100 Å². The number of hydrogen-bond donors (Lipinski definition) is 15. The molecule has 7 amide bonds. The lowest BCUT2D eigenvalue weighted by atomic mass is 9.49. The van der Waals surface area contributed by atoms with E-state index in [0.29, 0.717) is 42.6 Å². The Kier molecular flexibility index (Phi) is 15.9. The number of carbonyl (C=O) groups excluding carboxylic acids is 7. The van der Waals surface area contributed by atoms with Crippen LogP contribution in [-0.2, 0) is 44.8 Å². The molecule has 6 heterocycles. The number of aliphatic hydroxyl groups is 1. The van der Waals surface area contributed by atoms with Gasteiger partial charge in [-0.3, -0.25) is 33.6 Å². The van der Waals surface area contributed by atoms with Gasteiger partial charge < -0.3 is 92.3 Å². The average molecular weight is 1360 g/mol. The Morgan fingerprint density at radius 2 is 1.06 bits per heavy atom. The SMILES string of the molecule is O=C1NC2C(=O)NC3C(=O)NC4C(=O)NC(C(=O)N[C@@H](C(=O)O)c5cc(O)cc(O)c5-c5cc4ccc5O)C(O)c4ccc(c(Cl)c4)Oc4cc3cc(c4O)Oc3ccc(cc3Cl)CC1NC(=O)C(NC(=O)C13CC4CC(CC(C4)C1)C3)c1ccc(O)c(c1)Oc1cc(O)cc2c1. The molecule has 8 atom stereocenters. The van der Waals surface area contributed by atoms with Crippen LogP contribution in [0.2, 0.25) is 10.0 Å². The molecule has 7 aromatic carbocycles. The minimum atomic E-state index is -2.21. The quantitative estimate of drug-likeness (QED) is 0.0821. The summed E-state index contributed by atoms with van der Waals surface area (Å²) in [7, 11) is 0. The highest BCUT2D eigenvalue weighted by Gasteiger charge is 2.55. The van der Waals surface area contributed by atoms with Crippen molar-refractivity contribution < 1.29 is 93.4 Å². The molecule has 28 heteroatoms. The Morgan fingerprint density at radius 3 is 1.71 bits per heavy atom. The Hall–Kier alpha value is -11.0. The number of fused-ring (bicyclic) bond motifs is 14. The summed E-state index contributed by atoms with van der Waals surface area (Å²) >= 11 is 13.9. The molecule has 7 aromatic rings. The molecule has 26 nitrogen and oxygen atoms in total. The molecule has 7 unspecified atom stereocenters. The maximum Gasteiger partial charge on any atom is 0.330 e. The number of ether oxygens (including phenoxy) is 3. The van der Waals surface area contributed by atoms with E-state index in [1.807, 2.05) is 0 Å². The van der Waals surface area contributed by atoms with Gasteiger partial charge in [0.1, 0.15) is 82.6 Å². The first kappa shape index (κ1) is 63.4. The highest BCUT2D eigenvalue weighted by molar-refractivity contribution is 6.32.